The smallest absolute Gasteiger partial charge is 0.264 e. The number of hydrogen-bond acceptors (Lipinski definition) is 7. The third-order valence-electron chi connectivity index (χ3n) is 12.8. The van der Waals surface area contributed by atoms with Gasteiger partial charge in [0, 0.05) is 60.9 Å². The Bertz CT molecular complexity index is 1730. The molecule has 0 bridgehead atoms. The van der Waals surface area contributed by atoms with Gasteiger partial charge in [0.25, 0.3) is 5.91 Å². The molecule has 0 aromatic heterocycles. The fourth-order valence-electron chi connectivity index (χ4n) is 10.1. The number of benzene rings is 2. The van der Waals surface area contributed by atoms with Crippen molar-refractivity contribution in [1.82, 2.24) is 4.90 Å². The van der Waals surface area contributed by atoms with Gasteiger partial charge < -0.3 is 34.2 Å². The molecule has 4 saturated heterocycles. The lowest BCUT2D eigenvalue weighted by Gasteiger charge is -2.33. The van der Waals surface area contributed by atoms with Crippen LogP contribution in [0.2, 0.25) is 18.6 Å². The Hall–Kier alpha value is -3.58. The number of ether oxygens (including phenoxy) is 1. The molecular formula is C42H58N4O7Si. The zero-order valence-corrected chi connectivity index (χ0v) is 33.3. The number of hydrogen-bond donors (Lipinski definition) is 2. The van der Waals surface area contributed by atoms with Gasteiger partial charge in [-0.1, -0.05) is 44.7 Å². The molecule has 0 saturated carbocycles. The largest absolute Gasteiger partial charge is 0.432 e. The van der Waals surface area contributed by atoms with Gasteiger partial charge in [-0.2, -0.15) is 0 Å². The van der Waals surface area contributed by atoms with Crippen molar-refractivity contribution in [1.29, 1.82) is 0 Å². The van der Waals surface area contributed by atoms with Crippen LogP contribution < -0.4 is 14.7 Å². The third-order valence-corrected chi connectivity index (χ3v) is 15.3. The Morgan fingerprint density at radius 3 is 2.07 bits per heavy atom. The van der Waals surface area contributed by atoms with Crippen LogP contribution in [0.4, 0.5) is 17.1 Å². The Balaban J connectivity index is 1.25. The van der Waals surface area contributed by atoms with Crippen molar-refractivity contribution in [3.63, 3.8) is 0 Å². The average Bonchev–Trinajstić information content (AvgIpc) is 3.79. The maximum atomic E-state index is 15.2. The van der Waals surface area contributed by atoms with E-state index >= 15 is 4.79 Å². The highest BCUT2D eigenvalue weighted by Gasteiger charge is 2.66. The highest BCUT2D eigenvalue weighted by molar-refractivity contribution is 6.71. The maximum Gasteiger partial charge on any atom is 0.264 e. The van der Waals surface area contributed by atoms with Gasteiger partial charge in [-0.3, -0.25) is 19.2 Å². The van der Waals surface area contributed by atoms with Crippen molar-refractivity contribution < 1.29 is 33.8 Å². The quantitative estimate of drug-likeness (QED) is 0.316. The summed E-state index contributed by atoms with van der Waals surface area (Å²) in [6, 6.07) is 13.5. The molecule has 11 nitrogen and oxygen atoms in total. The van der Waals surface area contributed by atoms with E-state index in [0.717, 1.165) is 81.1 Å². The van der Waals surface area contributed by atoms with Crippen molar-refractivity contribution in [2.45, 2.75) is 133 Å². The molecule has 5 aliphatic rings. The van der Waals surface area contributed by atoms with Crippen LogP contribution in [-0.4, -0.2) is 85.1 Å². The van der Waals surface area contributed by atoms with Gasteiger partial charge in [-0.05, 0) is 87.5 Å². The van der Waals surface area contributed by atoms with Crippen LogP contribution >= 0.6 is 0 Å². The van der Waals surface area contributed by atoms with Crippen molar-refractivity contribution in [3.05, 3.63) is 53.6 Å². The van der Waals surface area contributed by atoms with Gasteiger partial charge in [0.2, 0.25) is 17.7 Å². The lowest BCUT2D eigenvalue weighted by atomic mass is 9.82. The Kier molecular flexibility index (Phi) is 11.4. The first kappa shape index (κ1) is 38.7. The standard InChI is InChI=1S/C42H58N4O7Si/c1-29-40(54(2,3)52)36(26-39(50)45-24-12-13-33(45)28-47)53-42(29)34-25-32(44-23-11-7-5-9-15-38(44)49)20-21-35(34)46(41(42)51)27-30-16-18-31(19-17-30)43-22-10-6-4-8-14-37(43)48/h16-21,25,29,33,36,40,47,52H,4-15,22-24,26-28H2,1-3H3/t29-,33+,36+,40-,42+/m1/s1. The van der Waals surface area contributed by atoms with Gasteiger partial charge in [0.1, 0.15) is 0 Å². The van der Waals surface area contributed by atoms with E-state index in [1.807, 2.05) is 72.3 Å². The number of amides is 4. The molecule has 12 heteroatoms. The molecule has 2 aromatic carbocycles. The lowest BCUT2D eigenvalue weighted by Crippen LogP contribution is -2.46. The second-order valence-electron chi connectivity index (χ2n) is 16.8. The molecule has 5 heterocycles. The number of aliphatic hydroxyl groups is 1. The van der Waals surface area contributed by atoms with Crippen LogP contribution in [0.3, 0.4) is 0 Å². The number of carbonyl (C=O) groups is 4. The summed E-state index contributed by atoms with van der Waals surface area (Å²) in [7, 11) is -3.04. The lowest BCUT2D eigenvalue weighted by molar-refractivity contribution is -0.150. The molecule has 5 atom stereocenters. The molecular weight excluding hydrogens is 701 g/mol. The fraction of sp³-hybridized carbons (Fsp3) is 0.619. The van der Waals surface area contributed by atoms with Crippen molar-refractivity contribution in [2.75, 3.05) is 40.9 Å². The monoisotopic (exact) mass is 758 g/mol. The van der Waals surface area contributed by atoms with Crippen molar-refractivity contribution >= 4 is 49.0 Å². The molecule has 292 valence electrons. The number of nitrogens with zero attached hydrogens (tertiary/aromatic N) is 4. The molecule has 1 spiro atoms. The van der Waals surface area contributed by atoms with E-state index in [2.05, 4.69) is 0 Å². The Labute approximate surface area is 320 Å². The molecule has 0 radical (unpaired) electrons. The summed E-state index contributed by atoms with van der Waals surface area (Å²) in [5.74, 6) is -0.631. The van der Waals surface area contributed by atoms with Crippen LogP contribution in [0, 0.1) is 5.92 Å². The molecule has 0 unspecified atom stereocenters. The number of fused-ring (bicyclic) bond motifs is 2. The first-order valence-corrected chi connectivity index (χ1v) is 23.4. The van der Waals surface area contributed by atoms with Gasteiger partial charge in [-0.25, -0.2) is 0 Å². The number of rotatable bonds is 8. The highest BCUT2D eigenvalue weighted by Crippen LogP contribution is 2.60. The minimum Gasteiger partial charge on any atom is -0.432 e. The normalized spacial score (nSPS) is 28.4. The van der Waals surface area contributed by atoms with Crippen LogP contribution in [0.15, 0.2) is 42.5 Å². The summed E-state index contributed by atoms with van der Waals surface area (Å²) in [5.41, 5.74) is 1.94. The van der Waals surface area contributed by atoms with E-state index in [0.29, 0.717) is 43.7 Å². The van der Waals surface area contributed by atoms with Crippen LogP contribution in [0.1, 0.15) is 102 Å². The summed E-state index contributed by atoms with van der Waals surface area (Å²) in [6.45, 7) is 7.70. The summed E-state index contributed by atoms with van der Waals surface area (Å²) in [4.78, 5) is 74.5. The molecule has 2 N–H and O–H groups in total. The fourth-order valence-corrected chi connectivity index (χ4v) is 12.6. The number of anilines is 3. The van der Waals surface area contributed by atoms with Crippen LogP contribution in [-0.2, 0) is 36.1 Å². The topological polar surface area (TPSA) is 131 Å². The number of aliphatic hydroxyl groups excluding tert-OH is 1. The van der Waals surface area contributed by atoms with E-state index in [9.17, 15) is 24.3 Å². The SMILES string of the molecule is C[C@@H]1[C@@H]([Si](C)(C)O)[C@H](CC(=O)N2CCC[C@H]2CO)O[C@@]12C(=O)N(Cc1ccc(N3CCCCCCC3=O)cc1)c1ccc(N3CCCCCCC3=O)cc12. The Morgan fingerprint density at radius 2 is 1.44 bits per heavy atom. The molecule has 7 rings (SSSR count). The first-order valence-electron chi connectivity index (χ1n) is 20.4. The van der Waals surface area contributed by atoms with Gasteiger partial charge in [-0.15, -0.1) is 0 Å². The van der Waals surface area contributed by atoms with Crippen molar-refractivity contribution in [2.24, 2.45) is 5.92 Å². The second kappa shape index (κ2) is 15.9. The third kappa shape index (κ3) is 7.26. The first-order chi connectivity index (χ1) is 25.9. The minimum atomic E-state index is -3.04. The van der Waals surface area contributed by atoms with Crippen LogP contribution in [0.5, 0.6) is 0 Å². The molecule has 54 heavy (non-hydrogen) atoms. The van der Waals surface area contributed by atoms with E-state index in [-0.39, 0.29) is 49.2 Å². The van der Waals surface area contributed by atoms with E-state index in [1.54, 1.807) is 9.80 Å². The van der Waals surface area contributed by atoms with Gasteiger partial charge >= 0.3 is 0 Å². The predicted molar refractivity (Wildman–Crippen MR) is 211 cm³/mol. The summed E-state index contributed by atoms with van der Waals surface area (Å²) in [5, 5.41) is 9.98. The van der Waals surface area contributed by atoms with E-state index in [1.165, 1.54) is 0 Å². The minimum absolute atomic E-state index is 0.00778. The average molecular weight is 759 g/mol. The highest BCUT2D eigenvalue weighted by atomic mass is 28.4. The zero-order chi connectivity index (χ0) is 38.2. The maximum absolute atomic E-state index is 15.2. The summed E-state index contributed by atoms with van der Waals surface area (Å²) in [6.07, 6.45) is 9.80. The van der Waals surface area contributed by atoms with E-state index in [4.69, 9.17) is 4.74 Å². The number of carbonyl (C=O) groups excluding carboxylic acids is 4. The van der Waals surface area contributed by atoms with Gasteiger partial charge in [0.15, 0.2) is 13.9 Å². The van der Waals surface area contributed by atoms with Crippen molar-refractivity contribution in [3.8, 4) is 0 Å². The zero-order valence-electron chi connectivity index (χ0n) is 32.3. The van der Waals surface area contributed by atoms with Gasteiger partial charge in [0.05, 0.1) is 37.4 Å². The summed E-state index contributed by atoms with van der Waals surface area (Å²) >= 11 is 0. The van der Waals surface area contributed by atoms with Crippen LogP contribution in [0.25, 0.3) is 0 Å². The summed E-state index contributed by atoms with van der Waals surface area (Å²) < 4.78 is 7.04. The molecule has 4 amide bonds. The Morgan fingerprint density at radius 1 is 0.833 bits per heavy atom. The predicted octanol–water partition coefficient (Wildman–Crippen LogP) is 6.00. The molecule has 0 aliphatic carbocycles. The molecule has 5 aliphatic heterocycles. The number of likely N-dealkylation sites (tertiary alicyclic amines) is 1. The second-order valence-corrected chi connectivity index (χ2v) is 20.8. The molecule has 2 aromatic rings. The van der Waals surface area contributed by atoms with E-state index < -0.39 is 31.5 Å². The molecule has 4 fully saturated rings.